The van der Waals surface area contributed by atoms with Gasteiger partial charge < -0.3 is 10.0 Å². The first-order valence-electron chi connectivity index (χ1n) is 6.92. The largest absolute Gasteiger partial charge is 0.396 e. The summed E-state index contributed by atoms with van der Waals surface area (Å²) in [5, 5.41) is 9.02. The maximum absolute atomic E-state index is 9.02. The molecule has 2 rings (SSSR count). The number of anilines is 1. The molecular weight excluding hydrogens is 226 g/mol. The Morgan fingerprint density at radius 3 is 2.72 bits per heavy atom. The highest BCUT2D eigenvalue weighted by atomic mass is 16.3. The maximum Gasteiger partial charge on any atom is 0.132 e. The minimum Gasteiger partial charge on any atom is -0.396 e. The van der Waals surface area contributed by atoms with Crippen LogP contribution in [0.5, 0.6) is 0 Å². The normalized spacial score (nSPS) is 15.8. The van der Waals surface area contributed by atoms with E-state index in [1.54, 1.807) is 6.33 Å². The average Bonchev–Trinajstić information content (AvgIpc) is 2.32. The Morgan fingerprint density at radius 2 is 2.17 bits per heavy atom. The molecule has 1 aliphatic rings. The van der Waals surface area contributed by atoms with Crippen molar-refractivity contribution in [3.8, 4) is 0 Å². The third-order valence-electron chi connectivity index (χ3n) is 3.63. The first kappa shape index (κ1) is 13.3. The van der Waals surface area contributed by atoms with Gasteiger partial charge in [-0.25, -0.2) is 9.97 Å². The van der Waals surface area contributed by atoms with E-state index in [1.165, 1.54) is 19.3 Å². The van der Waals surface area contributed by atoms with E-state index < -0.39 is 0 Å². The lowest BCUT2D eigenvalue weighted by Gasteiger charge is -2.38. The van der Waals surface area contributed by atoms with Gasteiger partial charge >= 0.3 is 0 Å². The van der Waals surface area contributed by atoms with Crippen LogP contribution < -0.4 is 4.90 Å². The predicted molar refractivity (Wildman–Crippen MR) is 72.8 cm³/mol. The lowest BCUT2D eigenvalue weighted by Crippen LogP contribution is -2.41. The molecule has 0 spiro atoms. The highest BCUT2D eigenvalue weighted by Crippen LogP contribution is 2.29. The summed E-state index contributed by atoms with van der Waals surface area (Å²) in [6, 6.07) is 2.70. The number of aromatic nitrogens is 2. The monoisotopic (exact) mass is 249 g/mol. The Kier molecular flexibility index (Phi) is 4.53. The molecule has 1 saturated carbocycles. The van der Waals surface area contributed by atoms with E-state index in [2.05, 4.69) is 34.8 Å². The molecule has 0 bridgehead atoms. The Balaban J connectivity index is 2.15. The molecule has 0 amide bonds. The SMILES string of the molecule is CC(C)c1cc(N(CCCO)C2CCC2)ncn1. The molecule has 0 unspecified atom stereocenters. The van der Waals surface area contributed by atoms with Gasteiger partial charge in [0.2, 0.25) is 0 Å². The third-order valence-corrected chi connectivity index (χ3v) is 3.63. The van der Waals surface area contributed by atoms with Crippen LogP contribution in [0.1, 0.15) is 51.1 Å². The minimum absolute atomic E-state index is 0.241. The van der Waals surface area contributed by atoms with E-state index in [-0.39, 0.29) is 6.61 Å². The number of rotatable bonds is 6. The molecule has 1 fully saturated rings. The van der Waals surface area contributed by atoms with Gasteiger partial charge in [-0.1, -0.05) is 13.8 Å². The van der Waals surface area contributed by atoms with Crippen LogP contribution in [-0.2, 0) is 0 Å². The van der Waals surface area contributed by atoms with Gasteiger partial charge in [-0.2, -0.15) is 0 Å². The second-order valence-corrected chi connectivity index (χ2v) is 5.31. The Bertz CT molecular complexity index is 377. The Hall–Kier alpha value is -1.16. The van der Waals surface area contributed by atoms with Crippen molar-refractivity contribution in [1.82, 2.24) is 9.97 Å². The van der Waals surface area contributed by atoms with Crippen molar-refractivity contribution in [2.45, 2.75) is 51.5 Å². The first-order chi connectivity index (χ1) is 8.72. The van der Waals surface area contributed by atoms with E-state index in [1.807, 2.05) is 0 Å². The van der Waals surface area contributed by atoms with E-state index >= 15 is 0 Å². The molecule has 0 radical (unpaired) electrons. The summed E-state index contributed by atoms with van der Waals surface area (Å²) in [5.74, 6) is 1.44. The highest BCUT2D eigenvalue weighted by molar-refractivity contribution is 5.41. The van der Waals surface area contributed by atoms with Crippen LogP contribution in [0.4, 0.5) is 5.82 Å². The molecule has 1 aromatic heterocycles. The fourth-order valence-corrected chi connectivity index (χ4v) is 2.26. The second-order valence-electron chi connectivity index (χ2n) is 5.31. The van der Waals surface area contributed by atoms with Crippen molar-refractivity contribution < 1.29 is 5.11 Å². The molecule has 4 heteroatoms. The molecule has 1 N–H and O–H groups in total. The van der Waals surface area contributed by atoms with Crippen molar-refractivity contribution >= 4 is 5.82 Å². The van der Waals surface area contributed by atoms with Crippen LogP contribution in [0.2, 0.25) is 0 Å². The Morgan fingerprint density at radius 1 is 1.39 bits per heavy atom. The topological polar surface area (TPSA) is 49.2 Å². The average molecular weight is 249 g/mol. The highest BCUT2D eigenvalue weighted by Gasteiger charge is 2.25. The molecule has 0 aliphatic heterocycles. The summed E-state index contributed by atoms with van der Waals surface area (Å²) in [7, 11) is 0. The van der Waals surface area contributed by atoms with Crippen molar-refractivity contribution in [3.05, 3.63) is 18.1 Å². The zero-order chi connectivity index (χ0) is 13.0. The molecular formula is C14H23N3O. The van der Waals surface area contributed by atoms with Gasteiger partial charge in [0.1, 0.15) is 12.1 Å². The number of hydrogen-bond donors (Lipinski definition) is 1. The predicted octanol–water partition coefficient (Wildman–Crippen LogP) is 2.34. The van der Waals surface area contributed by atoms with Gasteiger partial charge in [0.25, 0.3) is 0 Å². The van der Waals surface area contributed by atoms with Crippen molar-refractivity contribution in [1.29, 1.82) is 0 Å². The van der Waals surface area contributed by atoms with Crippen LogP contribution in [0.25, 0.3) is 0 Å². The summed E-state index contributed by atoms with van der Waals surface area (Å²) in [6.07, 6.45) is 6.26. The van der Waals surface area contributed by atoms with Crippen molar-refractivity contribution in [3.63, 3.8) is 0 Å². The van der Waals surface area contributed by atoms with Crippen LogP contribution in [0, 0.1) is 0 Å². The number of hydrogen-bond acceptors (Lipinski definition) is 4. The van der Waals surface area contributed by atoms with E-state index in [0.717, 1.165) is 24.5 Å². The fraction of sp³-hybridized carbons (Fsp3) is 0.714. The lowest BCUT2D eigenvalue weighted by atomic mass is 9.91. The molecule has 1 aliphatic carbocycles. The third kappa shape index (κ3) is 2.99. The van der Waals surface area contributed by atoms with Crippen LogP contribution in [0.3, 0.4) is 0 Å². The van der Waals surface area contributed by atoms with Crippen LogP contribution >= 0.6 is 0 Å². The molecule has 100 valence electrons. The van der Waals surface area contributed by atoms with Gasteiger partial charge in [-0.15, -0.1) is 0 Å². The summed E-state index contributed by atoms with van der Waals surface area (Å²) in [6.45, 7) is 5.42. The van der Waals surface area contributed by atoms with Crippen molar-refractivity contribution in [2.24, 2.45) is 0 Å². The number of aliphatic hydroxyl groups is 1. The van der Waals surface area contributed by atoms with E-state index in [4.69, 9.17) is 5.11 Å². The standard InChI is InChI=1S/C14H23N3O/c1-11(2)13-9-14(16-10-15-13)17(7-4-8-18)12-5-3-6-12/h9-12,18H,3-8H2,1-2H3. The summed E-state index contributed by atoms with van der Waals surface area (Å²) in [4.78, 5) is 11.1. The molecule has 1 heterocycles. The Labute approximate surface area is 109 Å². The van der Waals surface area contributed by atoms with Gasteiger partial charge in [0, 0.05) is 31.0 Å². The van der Waals surface area contributed by atoms with Crippen molar-refractivity contribution in [2.75, 3.05) is 18.1 Å². The van der Waals surface area contributed by atoms with Gasteiger partial charge in [-0.3, -0.25) is 0 Å². The first-order valence-corrected chi connectivity index (χ1v) is 6.92. The fourth-order valence-electron chi connectivity index (χ4n) is 2.26. The summed E-state index contributed by atoms with van der Waals surface area (Å²) >= 11 is 0. The van der Waals surface area contributed by atoms with E-state index in [9.17, 15) is 0 Å². The van der Waals surface area contributed by atoms with E-state index in [0.29, 0.717) is 12.0 Å². The van der Waals surface area contributed by atoms with Crippen LogP contribution in [0.15, 0.2) is 12.4 Å². The number of aliphatic hydroxyl groups excluding tert-OH is 1. The molecule has 0 atom stereocenters. The quantitative estimate of drug-likeness (QED) is 0.840. The number of nitrogens with zero attached hydrogens (tertiary/aromatic N) is 3. The minimum atomic E-state index is 0.241. The summed E-state index contributed by atoms with van der Waals surface area (Å²) in [5.41, 5.74) is 1.09. The molecule has 0 aromatic carbocycles. The molecule has 0 saturated heterocycles. The maximum atomic E-state index is 9.02. The van der Waals surface area contributed by atoms with Gasteiger partial charge in [0.15, 0.2) is 0 Å². The van der Waals surface area contributed by atoms with Crippen LogP contribution in [-0.4, -0.2) is 34.3 Å². The van der Waals surface area contributed by atoms with Gasteiger partial charge in [0.05, 0.1) is 0 Å². The summed E-state index contributed by atoms with van der Waals surface area (Å²) < 4.78 is 0. The second kappa shape index (κ2) is 6.14. The van der Waals surface area contributed by atoms with Gasteiger partial charge in [-0.05, 0) is 31.6 Å². The lowest BCUT2D eigenvalue weighted by molar-refractivity contribution is 0.282. The zero-order valence-corrected chi connectivity index (χ0v) is 11.3. The molecule has 4 nitrogen and oxygen atoms in total. The molecule has 18 heavy (non-hydrogen) atoms. The molecule has 1 aromatic rings. The smallest absolute Gasteiger partial charge is 0.132 e. The zero-order valence-electron chi connectivity index (χ0n) is 11.3.